The summed E-state index contributed by atoms with van der Waals surface area (Å²) in [5, 5.41) is 20.8. The van der Waals surface area contributed by atoms with Gasteiger partial charge >= 0.3 is 5.91 Å². The molecule has 1 aromatic heterocycles. The lowest BCUT2D eigenvalue weighted by molar-refractivity contribution is -0.132. The summed E-state index contributed by atoms with van der Waals surface area (Å²) < 4.78 is 17.1. The number of anilines is 1. The van der Waals surface area contributed by atoms with Gasteiger partial charge in [-0.2, -0.15) is 0 Å². The zero-order valence-electron chi connectivity index (χ0n) is 21.6. The summed E-state index contributed by atoms with van der Waals surface area (Å²) in [4.78, 5) is 28.3. The van der Waals surface area contributed by atoms with Gasteiger partial charge in [-0.1, -0.05) is 65.0 Å². The summed E-state index contributed by atoms with van der Waals surface area (Å²) in [5.74, 6) is 0.158. The molecular weight excluding hydrogens is 586 g/mol. The van der Waals surface area contributed by atoms with Crippen LogP contribution >= 0.6 is 34.7 Å². The highest BCUT2D eigenvalue weighted by Crippen LogP contribution is 2.45. The summed E-state index contributed by atoms with van der Waals surface area (Å²) >= 11 is 8.89. The molecule has 1 fully saturated rings. The predicted molar refractivity (Wildman–Crippen MR) is 156 cm³/mol. The van der Waals surface area contributed by atoms with Crippen LogP contribution in [0.3, 0.4) is 0 Å². The van der Waals surface area contributed by atoms with Gasteiger partial charge in [0.15, 0.2) is 15.8 Å². The second-order valence-electron chi connectivity index (χ2n) is 9.03. The van der Waals surface area contributed by atoms with Gasteiger partial charge in [0.1, 0.15) is 24.7 Å². The number of methoxy groups -OCH3 is 1. The molecule has 41 heavy (non-hydrogen) atoms. The van der Waals surface area contributed by atoms with Gasteiger partial charge in [0.25, 0.3) is 5.78 Å². The molecule has 6 rings (SSSR count). The molecule has 0 saturated carbocycles. The maximum absolute atomic E-state index is 13.5. The van der Waals surface area contributed by atoms with Gasteiger partial charge in [-0.05, 0) is 47.5 Å². The summed E-state index contributed by atoms with van der Waals surface area (Å²) in [6.45, 7) is 0.781. The van der Waals surface area contributed by atoms with E-state index in [0.717, 1.165) is 5.56 Å². The first-order valence-corrected chi connectivity index (χ1v) is 14.7. The van der Waals surface area contributed by atoms with Gasteiger partial charge in [-0.25, -0.2) is 0 Å². The molecule has 1 amide bonds. The van der Waals surface area contributed by atoms with E-state index in [2.05, 4.69) is 10.2 Å². The molecule has 3 aromatic carbocycles. The van der Waals surface area contributed by atoms with Crippen LogP contribution in [0.15, 0.2) is 76.6 Å². The molecule has 3 heterocycles. The van der Waals surface area contributed by atoms with Crippen LogP contribution < -0.4 is 19.1 Å². The summed E-state index contributed by atoms with van der Waals surface area (Å²) in [7, 11) is 1.55. The Morgan fingerprint density at radius 1 is 1.07 bits per heavy atom. The Morgan fingerprint density at radius 2 is 1.83 bits per heavy atom. The second-order valence-corrected chi connectivity index (χ2v) is 11.6. The summed E-state index contributed by atoms with van der Waals surface area (Å²) in [6.07, 6.45) is 0. The smallest absolute Gasteiger partial charge is 0.301 e. The number of aromatic nitrogens is 2. The van der Waals surface area contributed by atoms with Crippen molar-refractivity contribution in [2.45, 2.75) is 16.1 Å². The predicted octanol–water partition coefficient (Wildman–Crippen LogP) is 5.89. The lowest BCUT2D eigenvalue weighted by Gasteiger charge is -2.23. The van der Waals surface area contributed by atoms with Crippen molar-refractivity contribution < 1.29 is 28.9 Å². The molecule has 0 spiro atoms. The Kier molecular flexibility index (Phi) is 7.57. The van der Waals surface area contributed by atoms with E-state index >= 15 is 0 Å². The molecule has 0 aliphatic carbocycles. The lowest BCUT2D eigenvalue weighted by atomic mass is 9.95. The third kappa shape index (κ3) is 5.23. The van der Waals surface area contributed by atoms with E-state index in [1.165, 1.54) is 28.0 Å². The van der Waals surface area contributed by atoms with E-state index in [0.29, 0.717) is 56.7 Å². The highest BCUT2D eigenvalue weighted by atomic mass is 35.5. The number of fused-ring (bicyclic) bond motifs is 1. The standard InChI is InChI=1S/C29H22ClN3O6S2/c1-37-19-9-6-16(7-10-19)24-23(25(34)17-8-11-21-22(14-17)39-13-12-38-21)26(35)27(36)33(24)28-31-32-29(41-28)40-15-18-4-2-3-5-20(18)30/h2-11,14,24,34H,12-13,15H2,1H3. The SMILES string of the molecule is COc1ccc(C2C(=C(O)c3ccc4c(c3)OCCO4)C(=O)C(=O)N2c2nnc(SCc3ccccc3Cl)s2)cc1. The van der Waals surface area contributed by atoms with Crippen molar-refractivity contribution in [3.8, 4) is 17.2 Å². The van der Waals surface area contributed by atoms with Crippen molar-refractivity contribution in [3.05, 3.63) is 94.0 Å². The van der Waals surface area contributed by atoms with Crippen LogP contribution in [0.25, 0.3) is 5.76 Å². The minimum absolute atomic E-state index is 0.0719. The van der Waals surface area contributed by atoms with Gasteiger partial charge in [0.05, 0.1) is 18.7 Å². The molecule has 2 aliphatic heterocycles. The Hall–Kier alpha value is -4.06. The third-order valence-corrected chi connectivity index (χ3v) is 9.08. The van der Waals surface area contributed by atoms with Crippen molar-refractivity contribution in [2.75, 3.05) is 25.2 Å². The molecule has 4 aromatic rings. The zero-order chi connectivity index (χ0) is 28.5. The van der Waals surface area contributed by atoms with E-state index in [-0.39, 0.29) is 16.5 Å². The zero-order valence-corrected chi connectivity index (χ0v) is 24.0. The number of benzene rings is 3. The molecule has 12 heteroatoms. The fraction of sp³-hybridized carbons (Fsp3) is 0.172. The quantitative estimate of drug-likeness (QED) is 0.0903. The number of hydrogen-bond donors (Lipinski definition) is 1. The number of amides is 1. The maximum atomic E-state index is 13.5. The minimum atomic E-state index is -0.955. The molecule has 1 atom stereocenters. The molecule has 2 aliphatic rings. The van der Waals surface area contributed by atoms with Gasteiger partial charge in [0, 0.05) is 16.3 Å². The molecule has 1 unspecified atom stereocenters. The molecular formula is C29H22ClN3O6S2. The van der Waals surface area contributed by atoms with Gasteiger partial charge < -0.3 is 19.3 Å². The van der Waals surface area contributed by atoms with Gasteiger partial charge in [-0.15, -0.1) is 10.2 Å². The van der Waals surface area contributed by atoms with Crippen LogP contribution in [-0.4, -0.2) is 47.3 Å². The first kappa shape index (κ1) is 27.1. The normalized spacial score (nSPS) is 17.6. The number of ketones is 1. The number of nitrogens with zero attached hydrogens (tertiary/aromatic N) is 3. The number of aliphatic hydroxyl groups excluding tert-OH is 1. The number of rotatable bonds is 7. The van der Waals surface area contributed by atoms with E-state index in [4.69, 9.17) is 25.8 Å². The largest absolute Gasteiger partial charge is 0.507 e. The van der Waals surface area contributed by atoms with Crippen LogP contribution in [-0.2, 0) is 15.3 Å². The number of ether oxygens (including phenoxy) is 3. The second kappa shape index (κ2) is 11.4. The van der Waals surface area contributed by atoms with Gasteiger partial charge in [0.2, 0.25) is 5.13 Å². The molecule has 1 saturated heterocycles. The Morgan fingerprint density at radius 3 is 2.59 bits per heavy atom. The number of thioether (sulfide) groups is 1. The van der Waals surface area contributed by atoms with Crippen molar-refractivity contribution in [1.82, 2.24) is 10.2 Å². The van der Waals surface area contributed by atoms with Crippen LogP contribution in [0.2, 0.25) is 5.02 Å². The lowest BCUT2D eigenvalue weighted by Crippen LogP contribution is -2.29. The van der Waals surface area contributed by atoms with Crippen molar-refractivity contribution >= 4 is 57.3 Å². The Bertz CT molecular complexity index is 1670. The van der Waals surface area contributed by atoms with Crippen LogP contribution in [0, 0.1) is 0 Å². The molecule has 0 radical (unpaired) electrons. The van der Waals surface area contributed by atoms with Crippen molar-refractivity contribution in [2.24, 2.45) is 0 Å². The van der Waals surface area contributed by atoms with Crippen molar-refractivity contribution in [3.63, 3.8) is 0 Å². The number of halogens is 1. The fourth-order valence-electron chi connectivity index (χ4n) is 4.59. The highest BCUT2D eigenvalue weighted by molar-refractivity contribution is 8.00. The molecule has 9 nitrogen and oxygen atoms in total. The van der Waals surface area contributed by atoms with E-state index in [9.17, 15) is 14.7 Å². The number of carbonyl (C=O) groups is 2. The van der Waals surface area contributed by atoms with Crippen LogP contribution in [0.4, 0.5) is 5.13 Å². The average molecular weight is 608 g/mol. The monoisotopic (exact) mass is 607 g/mol. The molecule has 208 valence electrons. The number of hydrogen-bond acceptors (Lipinski definition) is 10. The van der Waals surface area contributed by atoms with Crippen molar-refractivity contribution in [1.29, 1.82) is 0 Å². The summed E-state index contributed by atoms with van der Waals surface area (Å²) in [5.41, 5.74) is 1.77. The Labute approximate surface area is 248 Å². The number of Topliss-reactive ketones (excluding diaryl/α,β-unsaturated/α-hetero) is 1. The first-order valence-electron chi connectivity index (χ1n) is 12.5. The molecule has 0 bridgehead atoms. The fourth-order valence-corrected chi connectivity index (χ4v) is 6.74. The minimum Gasteiger partial charge on any atom is -0.507 e. The number of aliphatic hydroxyl groups is 1. The van der Waals surface area contributed by atoms with Crippen LogP contribution in [0.5, 0.6) is 17.2 Å². The highest BCUT2D eigenvalue weighted by Gasteiger charge is 2.48. The van der Waals surface area contributed by atoms with E-state index < -0.39 is 17.7 Å². The average Bonchev–Trinajstić information content (AvgIpc) is 3.58. The Balaban J connectivity index is 1.39. The van der Waals surface area contributed by atoms with Gasteiger partial charge in [-0.3, -0.25) is 14.5 Å². The van der Waals surface area contributed by atoms with Crippen LogP contribution in [0.1, 0.15) is 22.7 Å². The van der Waals surface area contributed by atoms with E-state index in [1.807, 2.05) is 24.3 Å². The number of carbonyl (C=O) groups excluding carboxylic acids is 2. The first-order chi connectivity index (χ1) is 19.9. The summed E-state index contributed by atoms with van der Waals surface area (Å²) in [6, 6.07) is 18.4. The maximum Gasteiger partial charge on any atom is 0.301 e. The van der Waals surface area contributed by atoms with E-state index in [1.54, 1.807) is 49.6 Å². The topological polar surface area (TPSA) is 111 Å². The molecule has 1 N–H and O–H groups in total. The third-order valence-electron chi connectivity index (χ3n) is 6.60.